The maximum atomic E-state index is 13.0. The van der Waals surface area contributed by atoms with Gasteiger partial charge in [-0.25, -0.2) is 0 Å². The molecule has 1 aliphatic rings. The molecule has 1 aliphatic heterocycles. The second-order valence-electron chi connectivity index (χ2n) is 7.48. The summed E-state index contributed by atoms with van der Waals surface area (Å²) in [5.74, 6) is 0.775. The van der Waals surface area contributed by atoms with Crippen LogP contribution in [0.2, 0.25) is 5.02 Å². The average molecular weight is 409 g/mol. The minimum Gasteiger partial charge on any atom is -0.480 e. The molecule has 0 aromatic heterocycles. The van der Waals surface area contributed by atoms with E-state index in [0.29, 0.717) is 13.1 Å². The monoisotopic (exact) mass is 408 g/mol. The van der Waals surface area contributed by atoms with Gasteiger partial charge >= 0.3 is 0 Å². The third kappa shape index (κ3) is 4.18. The number of rotatable bonds is 4. The van der Waals surface area contributed by atoms with Crippen molar-refractivity contribution in [2.45, 2.75) is 20.0 Å². The quantitative estimate of drug-likeness (QED) is 0.614. The summed E-state index contributed by atoms with van der Waals surface area (Å²) in [5.41, 5.74) is 2.34. The molecule has 1 saturated heterocycles. The van der Waals surface area contributed by atoms with Gasteiger partial charge in [-0.1, -0.05) is 54.1 Å². The normalized spacial score (nSPS) is 15.4. The van der Waals surface area contributed by atoms with Crippen LogP contribution in [-0.2, 0) is 4.79 Å². The molecule has 4 rings (SSSR count). The van der Waals surface area contributed by atoms with Gasteiger partial charge in [-0.2, -0.15) is 0 Å². The van der Waals surface area contributed by atoms with E-state index in [-0.39, 0.29) is 5.91 Å². The standard InChI is InChI=1S/C24H25ClN2O2/c1-17-10-11-20(25)16-22(17)26-12-14-27(15-13-26)24(28)18(2)29-23-9-5-7-19-6-3-4-8-21(19)23/h3-11,16,18H,12-15H2,1-2H3/t18-/m1/s1. The summed E-state index contributed by atoms with van der Waals surface area (Å²) in [5, 5.41) is 2.87. The van der Waals surface area contributed by atoms with Gasteiger partial charge in [-0.3, -0.25) is 4.79 Å². The van der Waals surface area contributed by atoms with E-state index >= 15 is 0 Å². The van der Waals surface area contributed by atoms with Gasteiger partial charge in [0, 0.05) is 42.3 Å². The first-order valence-corrected chi connectivity index (χ1v) is 10.3. The molecule has 0 unspecified atom stereocenters. The highest BCUT2D eigenvalue weighted by atomic mass is 35.5. The van der Waals surface area contributed by atoms with E-state index in [1.165, 1.54) is 5.56 Å². The molecule has 1 amide bonds. The molecule has 4 nitrogen and oxygen atoms in total. The fraction of sp³-hybridized carbons (Fsp3) is 0.292. The Balaban J connectivity index is 1.41. The number of nitrogens with zero attached hydrogens (tertiary/aromatic N) is 2. The zero-order valence-corrected chi connectivity index (χ0v) is 17.5. The van der Waals surface area contributed by atoms with Gasteiger partial charge in [0.1, 0.15) is 5.75 Å². The van der Waals surface area contributed by atoms with Gasteiger partial charge in [-0.05, 0) is 43.0 Å². The molecule has 1 atom stereocenters. The van der Waals surface area contributed by atoms with Crippen LogP contribution in [0.1, 0.15) is 12.5 Å². The SMILES string of the molecule is Cc1ccc(Cl)cc1N1CCN(C(=O)[C@@H](C)Oc2cccc3ccccc23)CC1. The van der Waals surface area contributed by atoms with Crippen LogP contribution in [0.4, 0.5) is 5.69 Å². The predicted molar refractivity (Wildman–Crippen MR) is 119 cm³/mol. The van der Waals surface area contributed by atoms with E-state index in [4.69, 9.17) is 16.3 Å². The molecule has 3 aromatic carbocycles. The molecule has 29 heavy (non-hydrogen) atoms. The van der Waals surface area contributed by atoms with Gasteiger partial charge < -0.3 is 14.5 Å². The van der Waals surface area contributed by atoms with Crippen molar-refractivity contribution < 1.29 is 9.53 Å². The Bertz CT molecular complexity index is 1020. The lowest BCUT2D eigenvalue weighted by atomic mass is 10.1. The van der Waals surface area contributed by atoms with Crippen molar-refractivity contribution >= 4 is 34.0 Å². The molecule has 0 spiro atoms. The molecule has 0 N–H and O–H groups in total. The third-order valence-electron chi connectivity index (χ3n) is 5.50. The number of anilines is 1. The summed E-state index contributed by atoms with van der Waals surface area (Å²) in [6, 6.07) is 19.9. The Labute approximate surface area is 176 Å². The first-order valence-electron chi connectivity index (χ1n) is 9.97. The number of hydrogen-bond donors (Lipinski definition) is 0. The van der Waals surface area contributed by atoms with Crippen LogP contribution in [-0.4, -0.2) is 43.1 Å². The molecule has 0 radical (unpaired) electrons. The number of ether oxygens (including phenoxy) is 1. The van der Waals surface area contributed by atoms with Gasteiger partial charge in [0.2, 0.25) is 0 Å². The molecule has 150 valence electrons. The molecule has 0 aliphatic carbocycles. The number of piperazine rings is 1. The predicted octanol–water partition coefficient (Wildman–Crippen LogP) is 4.92. The third-order valence-corrected chi connectivity index (χ3v) is 5.74. The first-order chi connectivity index (χ1) is 14.0. The highest BCUT2D eigenvalue weighted by Crippen LogP contribution is 2.27. The molecule has 1 heterocycles. The molecule has 1 fully saturated rings. The van der Waals surface area contributed by atoms with Gasteiger partial charge in [-0.15, -0.1) is 0 Å². The summed E-state index contributed by atoms with van der Waals surface area (Å²) in [7, 11) is 0. The zero-order chi connectivity index (χ0) is 20.4. The van der Waals surface area contributed by atoms with Crippen molar-refractivity contribution in [1.29, 1.82) is 0 Å². The van der Waals surface area contributed by atoms with Crippen LogP contribution in [0, 0.1) is 6.92 Å². The zero-order valence-electron chi connectivity index (χ0n) is 16.8. The number of carbonyl (C=O) groups is 1. The van der Waals surface area contributed by atoms with Crippen LogP contribution in [0.3, 0.4) is 0 Å². The van der Waals surface area contributed by atoms with Gasteiger partial charge in [0.25, 0.3) is 5.91 Å². The Morgan fingerprint density at radius 3 is 2.52 bits per heavy atom. The summed E-state index contributed by atoms with van der Waals surface area (Å²) in [6.07, 6.45) is -0.528. The number of amides is 1. The van der Waals surface area contributed by atoms with Crippen LogP contribution < -0.4 is 9.64 Å². The van der Waals surface area contributed by atoms with Crippen LogP contribution in [0.15, 0.2) is 60.7 Å². The lowest BCUT2D eigenvalue weighted by Gasteiger charge is -2.37. The van der Waals surface area contributed by atoms with Crippen molar-refractivity contribution in [3.05, 3.63) is 71.2 Å². The van der Waals surface area contributed by atoms with Crippen molar-refractivity contribution in [2.75, 3.05) is 31.1 Å². The summed E-state index contributed by atoms with van der Waals surface area (Å²) in [6.45, 7) is 6.84. The van der Waals surface area contributed by atoms with Crippen LogP contribution in [0.5, 0.6) is 5.75 Å². The number of aryl methyl sites for hydroxylation is 1. The summed E-state index contributed by atoms with van der Waals surface area (Å²) >= 11 is 6.17. The van der Waals surface area contributed by atoms with Crippen molar-refractivity contribution in [3.8, 4) is 5.75 Å². The minimum atomic E-state index is -0.528. The topological polar surface area (TPSA) is 32.8 Å². The first kappa shape index (κ1) is 19.6. The van der Waals surface area contributed by atoms with Crippen LogP contribution >= 0.6 is 11.6 Å². The van der Waals surface area contributed by atoms with Crippen molar-refractivity contribution in [2.24, 2.45) is 0 Å². The summed E-state index contributed by atoms with van der Waals surface area (Å²) in [4.78, 5) is 17.2. The number of fused-ring (bicyclic) bond motifs is 1. The number of carbonyl (C=O) groups excluding carboxylic acids is 1. The molecule has 3 aromatic rings. The van der Waals surface area contributed by atoms with E-state index in [2.05, 4.69) is 11.8 Å². The fourth-order valence-corrected chi connectivity index (χ4v) is 4.05. The lowest BCUT2D eigenvalue weighted by molar-refractivity contribution is -0.138. The Morgan fingerprint density at radius 1 is 1.00 bits per heavy atom. The fourth-order valence-electron chi connectivity index (χ4n) is 3.89. The van der Waals surface area contributed by atoms with E-state index in [0.717, 1.165) is 40.3 Å². The van der Waals surface area contributed by atoms with Crippen molar-refractivity contribution in [1.82, 2.24) is 4.90 Å². The lowest BCUT2D eigenvalue weighted by Crippen LogP contribution is -2.52. The Kier molecular flexibility index (Phi) is 5.63. The maximum absolute atomic E-state index is 13.0. The molecule has 5 heteroatoms. The van der Waals surface area contributed by atoms with E-state index in [9.17, 15) is 4.79 Å². The average Bonchev–Trinajstić information content (AvgIpc) is 2.75. The number of halogens is 1. The Hall–Kier alpha value is -2.72. The molecular formula is C24H25ClN2O2. The smallest absolute Gasteiger partial charge is 0.263 e. The highest BCUT2D eigenvalue weighted by molar-refractivity contribution is 6.30. The number of benzene rings is 3. The van der Waals surface area contributed by atoms with Gasteiger partial charge in [0.05, 0.1) is 0 Å². The second-order valence-corrected chi connectivity index (χ2v) is 7.92. The number of hydrogen-bond acceptors (Lipinski definition) is 3. The van der Waals surface area contributed by atoms with E-state index in [1.54, 1.807) is 0 Å². The minimum absolute atomic E-state index is 0.0281. The largest absolute Gasteiger partial charge is 0.480 e. The molecule has 0 saturated carbocycles. The maximum Gasteiger partial charge on any atom is 0.263 e. The summed E-state index contributed by atoms with van der Waals surface area (Å²) < 4.78 is 6.07. The van der Waals surface area contributed by atoms with Gasteiger partial charge in [0.15, 0.2) is 6.10 Å². The highest BCUT2D eigenvalue weighted by Gasteiger charge is 2.27. The second kappa shape index (κ2) is 8.34. The molecular weight excluding hydrogens is 384 g/mol. The van der Waals surface area contributed by atoms with Crippen molar-refractivity contribution in [3.63, 3.8) is 0 Å². The van der Waals surface area contributed by atoms with E-state index in [1.807, 2.05) is 72.5 Å². The van der Waals surface area contributed by atoms with Crippen LogP contribution in [0.25, 0.3) is 10.8 Å². The Morgan fingerprint density at radius 2 is 1.72 bits per heavy atom. The van der Waals surface area contributed by atoms with E-state index < -0.39 is 6.10 Å². The molecule has 0 bridgehead atoms.